The third-order valence-corrected chi connectivity index (χ3v) is 4.68. The van der Waals surface area contributed by atoms with Gasteiger partial charge in [-0.15, -0.1) is 0 Å². The minimum atomic E-state index is -0.872. The number of aromatic nitrogens is 2. The third kappa shape index (κ3) is 2.97. The highest BCUT2D eigenvalue weighted by Crippen LogP contribution is 2.37. The topological polar surface area (TPSA) is 99.6 Å². The average Bonchev–Trinajstić information content (AvgIpc) is 2.80. The van der Waals surface area contributed by atoms with Gasteiger partial charge in [0.25, 0.3) is 5.56 Å². The van der Waals surface area contributed by atoms with Gasteiger partial charge in [-0.3, -0.25) is 19.1 Å². The monoisotopic (exact) mass is 358 g/mol. The fourth-order valence-corrected chi connectivity index (χ4v) is 3.54. The van der Waals surface area contributed by atoms with Gasteiger partial charge in [-0.1, -0.05) is 24.3 Å². The minimum Gasteiger partial charge on any atom is -0.455 e. The van der Waals surface area contributed by atoms with Crippen molar-refractivity contribution in [2.45, 2.75) is 44.5 Å². The van der Waals surface area contributed by atoms with Crippen molar-refractivity contribution in [3.05, 3.63) is 68.5 Å². The van der Waals surface area contributed by atoms with Gasteiger partial charge in [0.2, 0.25) is 0 Å². The van der Waals surface area contributed by atoms with Crippen molar-refractivity contribution in [2.75, 3.05) is 0 Å². The molecule has 8 nitrogen and oxygen atoms in total. The summed E-state index contributed by atoms with van der Waals surface area (Å²) in [5, 5.41) is 0. The molecule has 0 radical (unpaired) electrons. The van der Waals surface area contributed by atoms with Gasteiger partial charge in [0, 0.05) is 25.6 Å². The van der Waals surface area contributed by atoms with Crippen LogP contribution < -0.4 is 11.2 Å². The lowest BCUT2D eigenvalue weighted by Crippen LogP contribution is -2.40. The number of hydrogen-bond acceptors (Lipinski definition) is 6. The van der Waals surface area contributed by atoms with Crippen molar-refractivity contribution in [3.8, 4) is 0 Å². The Kier molecular flexibility index (Phi) is 4.21. The van der Waals surface area contributed by atoms with Crippen molar-refractivity contribution in [1.82, 2.24) is 9.55 Å². The van der Waals surface area contributed by atoms with E-state index in [0.29, 0.717) is 13.0 Å². The molecule has 26 heavy (non-hydrogen) atoms. The highest BCUT2D eigenvalue weighted by atomic mass is 16.6. The molecule has 0 spiro atoms. The molecule has 0 saturated carbocycles. The normalized spacial score (nSPS) is 27.3. The Morgan fingerprint density at radius 2 is 2.00 bits per heavy atom. The zero-order valence-corrected chi connectivity index (χ0v) is 14.1. The Balaban J connectivity index is 1.71. The summed E-state index contributed by atoms with van der Waals surface area (Å²) in [5.41, 5.74) is 1.02. The number of rotatable bonds is 2. The van der Waals surface area contributed by atoms with E-state index in [1.807, 2.05) is 24.3 Å². The average molecular weight is 358 g/mol. The molecule has 0 amide bonds. The van der Waals surface area contributed by atoms with Crippen molar-refractivity contribution < 1.29 is 19.0 Å². The van der Waals surface area contributed by atoms with E-state index >= 15 is 0 Å². The smallest absolute Gasteiger partial charge is 0.330 e. The van der Waals surface area contributed by atoms with E-state index < -0.39 is 35.7 Å². The molecular weight excluding hydrogens is 340 g/mol. The predicted molar refractivity (Wildman–Crippen MR) is 89.5 cm³/mol. The lowest BCUT2D eigenvalue weighted by molar-refractivity contribution is -0.158. The van der Waals surface area contributed by atoms with Crippen LogP contribution >= 0.6 is 0 Å². The Labute approximate surface area is 148 Å². The Hall–Kier alpha value is -2.71. The molecule has 2 aliphatic rings. The molecule has 3 heterocycles. The second-order valence-electron chi connectivity index (χ2n) is 6.41. The van der Waals surface area contributed by atoms with Crippen LogP contribution in [0, 0.1) is 0 Å². The number of esters is 1. The van der Waals surface area contributed by atoms with E-state index in [1.165, 1.54) is 23.8 Å². The molecule has 1 aromatic carbocycles. The highest BCUT2D eigenvalue weighted by Gasteiger charge is 2.49. The van der Waals surface area contributed by atoms with E-state index in [1.54, 1.807) is 0 Å². The summed E-state index contributed by atoms with van der Waals surface area (Å²) >= 11 is 0. The number of carbonyl (C=O) groups is 1. The molecule has 4 rings (SSSR count). The predicted octanol–water partition coefficient (Wildman–Crippen LogP) is 0.507. The van der Waals surface area contributed by atoms with Crippen LogP contribution in [0.2, 0.25) is 0 Å². The number of carbonyl (C=O) groups excluding carboxylic acids is 1. The standard InChI is InChI=1S/C18H18N2O6/c1-10(21)25-16-15-13(8-11-4-2-3-5-12(11)9-24-15)26-17(16)20-7-6-14(22)19-18(20)23/h2-7,13,15-17H,8-9H2,1H3,(H,19,22,23)/t13-,15+,16-,17-/m1/s1. The first-order chi connectivity index (χ1) is 12.5. The first-order valence-electron chi connectivity index (χ1n) is 8.35. The maximum Gasteiger partial charge on any atom is 0.330 e. The molecular formula is C18H18N2O6. The second kappa shape index (κ2) is 6.54. The van der Waals surface area contributed by atoms with Crippen LogP contribution in [-0.2, 0) is 32.0 Å². The van der Waals surface area contributed by atoms with E-state index in [9.17, 15) is 14.4 Å². The lowest BCUT2D eigenvalue weighted by atomic mass is 10.0. The van der Waals surface area contributed by atoms with Crippen LogP contribution in [0.3, 0.4) is 0 Å². The van der Waals surface area contributed by atoms with Gasteiger partial charge in [-0.25, -0.2) is 4.79 Å². The largest absolute Gasteiger partial charge is 0.455 e. The van der Waals surface area contributed by atoms with Gasteiger partial charge in [-0.2, -0.15) is 0 Å². The van der Waals surface area contributed by atoms with Crippen molar-refractivity contribution in [2.24, 2.45) is 0 Å². The Morgan fingerprint density at radius 1 is 1.23 bits per heavy atom. The summed E-state index contributed by atoms with van der Waals surface area (Å²) in [4.78, 5) is 37.3. The van der Waals surface area contributed by atoms with Crippen molar-refractivity contribution >= 4 is 5.97 Å². The first kappa shape index (κ1) is 16.7. The summed E-state index contributed by atoms with van der Waals surface area (Å²) in [6.45, 7) is 1.66. The van der Waals surface area contributed by atoms with Gasteiger partial charge < -0.3 is 14.2 Å². The molecule has 0 bridgehead atoms. The van der Waals surface area contributed by atoms with Gasteiger partial charge in [-0.05, 0) is 11.1 Å². The summed E-state index contributed by atoms with van der Waals surface area (Å²) in [6, 6.07) is 9.10. The fourth-order valence-electron chi connectivity index (χ4n) is 3.54. The number of H-pyrrole nitrogens is 1. The summed E-state index contributed by atoms with van der Waals surface area (Å²) < 4.78 is 18.7. The SMILES string of the molecule is CC(=O)O[C@@H]1[C@H]2OCc3ccccc3C[C@H]2O[C@H]1n1ccc(=O)[nH]c1=O. The molecule has 8 heteroatoms. The molecule has 1 fully saturated rings. The summed E-state index contributed by atoms with van der Waals surface area (Å²) in [7, 11) is 0. The van der Waals surface area contributed by atoms with Crippen LogP contribution in [0.25, 0.3) is 0 Å². The quantitative estimate of drug-likeness (QED) is 0.785. The zero-order valence-electron chi connectivity index (χ0n) is 14.1. The number of benzene rings is 1. The molecule has 1 saturated heterocycles. The lowest BCUT2D eigenvalue weighted by Gasteiger charge is -2.23. The zero-order chi connectivity index (χ0) is 18.3. The number of aromatic amines is 1. The fraction of sp³-hybridized carbons (Fsp3) is 0.389. The molecule has 136 valence electrons. The Morgan fingerprint density at radius 3 is 2.73 bits per heavy atom. The molecule has 0 unspecified atom stereocenters. The molecule has 2 aromatic rings. The number of fused-ring (bicyclic) bond motifs is 2. The number of ether oxygens (including phenoxy) is 3. The van der Waals surface area contributed by atoms with Gasteiger partial charge >= 0.3 is 11.7 Å². The van der Waals surface area contributed by atoms with Crippen LogP contribution in [0.15, 0.2) is 46.1 Å². The second-order valence-corrected chi connectivity index (χ2v) is 6.41. The van der Waals surface area contributed by atoms with Crippen molar-refractivity contribution in [3.63, 3.8) is 0 Å². The number of nitrogens with zero attached hydrogens (tertiary/aromatic N) is 1. The van der Waals surface area contributed by atoms with Gasteiger partial charge in [0.1, 0.15) is 6.10 Å². The van der Waals surface area contributed by atoms with Crippen LogP contribution in [0.5, 0.6) is 0 Å². The molecule has 0 aliphatic carbocycles. The number of hydrogen-bond donors (Lipinski definition) is 1. The highest BCUT2D eigenvalue weighted by molar-refractivity contribution is 5.66. The molecule has 2 aliphatic heterocycles. The summed E-state index contributed by atoms with van der Waals surface area (Å²) in [5.74, 6) is -0.493. The van der Waals surface area contributed by atoms with E-state index in [2.05, 4.69) is 4.98 Å². The Bertz CT molecular complexity index is 949. The van der Waals surface area contributed by atoms with Crippen LogP contribution in [-0.4, -0.2) is 33.8 Å². The molecule has 1 N–H and O–H groups in total. The number of nitrogens with one attached hydrogen (secondary N) is 1. The van der Waals surface area contributed by atoms with Gasteiger partial charge in [0.15, 0.2) is 12.3 Å². The van der Waals surface area contributed by atoms with Crippen LogP contribution in [0.1, 0.15) is 24.3 Å². The molecule has 4 atom stereocenters. The molecule has 1 aromatic heterocycles. The summed E-state index contributed by atoms with van der Waals surface area (Å²) in [6.07, 6.45) is -0.657. The van der Waals surface area contributed by atoms with Crippen molar-refractivity contribution in [1.29, 1.82) is 0 Å². The van der Waals surface area contributed by atoms with E-state index in [4.69, 9.17) is 14.2 Å². The van der Waals surface area contributed by atoms with E-state index in [0.717, 1.165) is 11.1 Å². The minimum absolute atomic E-state index is 0.367. The first-order valence-corrected chi connectivity index (χ1v) is 8.35. The van der Waals surface area contributed by atoms with E-state index in [-0.39, 0.29) is 6.10 Å². The maximum atomic E-state index is 12.2. The maximum absolute atomic E-state index is 12.2. The van der Waals surface area contributed by atoms with Gasteiger partial charge in [0.05, 0.1) is 12.7 Å². The third-order valence-electron chi connectivity index (χ3n) is 4.68. The van der Waals surface area contributed by atoms with Crippen LogP contribution in [0.4, 0.5) is 0 Å².